The molecule has 0 radical (unpaired) electrons. The van der Waals surface area contributed by atoms with Gasteiger partial charge in [0.15, 0.2) is 0 Å². The summed E-state index contributed by atoms with van der Waals surface area (Å²) in [5.74, 6) is 1.45. The maximum atomic E-state index is 5.09. The SMILES string of the molecule is C=CC(C)CCNc1ccc(OC)cc1. The van der Waals surface area contributed by atoms with Crippen LogP contribution in [0.5, 0.6) is 5.75 Å². The molecule has 0 aliphatic rings. The Morgan fingerprint density at radius 1 is 1.40 bits per heavy atom. The van der Waals surface area contributed by atoms with E-state index in [4.69, 9.17) is 4.74 Å². The minimum absolute atomic E-state index is 0.566. The summed E-state index contributed by atoms with van der Waals surface area (Å²) in [6.07, 6.45) is 3.09. The highest BCUT2D eigenvalue weighted by Gasteiger charge is 1.96. The molecule has 0 spiro atoms. The Hall–Kier alpha value is -1.44. The van der Waals surface area contributed by atoms with E-state index in [-0.39, 0.29) is 0 Å². The summed E-state index contributed by atoms with van der Waals surface area (Å²) in [6.45, 7) is 6.91. The molecule has 1 rings (SSSR count). The van der Waals surface area contributed by atoms with Gasteiger partial charge in [0.05, 0.1) is 7.11 Å². The molecule has 0 bridgehead atoms. The zero-order valence-electron chi connectivity index (χ0n) is 9.49. The minimum Gasteiger partial charge on any atom is -0.497 e. The van der Waals surface area contributed by atoms with E-state index in [0.29, 0.717) is 5.92 Å². The summed E-state index contributed by atoms with van der Waals surface area (Å²) in [4.78, 5) is 0. The van der Waals surface area contributed by atoms with Crippen molar-refractivity contribution in [1.29, 1.82) is 0 Å². The van der Waals surface area contributed by atoms with E-state index in [0.717, 1.165) is 24.4 Å². The first-order valence-corrected chi connectivity index (χ1v) is 5.26. The van der Waals surface area contributed by atoms with Crippen LogP contribution >= 0.6 is 0 Å². The summed E-state index contributed by atoms with van der Waals surface area (Å²) in [5, 5.41) is 3.36. The summed E-state index contributed by atoms with van der Waals surface area (Å²) >= 11 is 0. The molecule has 2 nitrogen and oxygen atoms in total. The fourth-order valence-corrected chi connectivity index (χ4v) is 1.27. The van der Waals surface area contributed by atoms with Crippen molar-refractivity contribution in [2.24, 2.45) is 5.92 Å². The Kier molecular flexibility index (Phi) is 4.75. The molecule has 0 aliphatic heterocycles. The summed E-state index contributed by atoms with van der Waals surface area (Å²) in [6, 6.07) is 7.97. The molecule has 15 heavy (non-hydrogen) atoms. The number of hydrogen-bond acceptors (Lipinski definition) is 2. The maximum absolute atomic E-state index is 5.09. The molecule has 0 fully saturated rings. The van der Waals surface area contributed by atoms with Crippen LogP contribution in [0.1, 0.15) is 13.3 Å². The van der Waals surface area contributed by atoms with Crippen molar-refractivity contribution in [3.8, 4) is 5.75 Å². The predicted octanol–water partition coefficient (Wildman–Crippen LogP) is 3.32. The van der Waals surface area contributed by atoms with E-state index >= 15 is 0 Å². The highest BCUT2D eigenvalue weighted by molar-refractivity contribution is 5.46. The van der Waals surface area contributed by atoms with Gasteiger partial charge in [0.25, 0.3) is 0 Å². The van der Waals surface area contributed by atoms with Crippen LogP contribution in [0.25, 0.3) is 0 Å². The third-order valence-electron chi connectivity index (χ3n) is 2.42. The first-order valence-electron chi connectivity index (χ1n) is 5.26. The van der Waals surface area contributed by atoms with Crippen LogP contribution in [0.3, 0.4) is 0 Å². The average Bonchev–Trinajstić information content (AvgIpc) is 2.29. The highest BCUT2D eigenvalue weighted by atomic mass is 16.5. The lowest BCUT2D eigenvalue weighted by atomic mass is 10.1. The van der Waals surface area contributed by atoms with Crippen molar-refractivity contribution in [3.63, 3.8) is 0 Å². The fraction of sp³-hybridized carbons (Fsp3) is 0.385. The van der Waals surface area contributed by atoms with E-state index in [1.165, 1.54) is 0 Å². The Morgan fingerprint density at radius 3 is 2.60 bits per heavy atom. The Labute approximate surface area is 92.0 Å². The lowest BCUT2D eigenvalue weighted by molar-refractivity contribution is 0.415. The van der Waals surface area contributed by atoms with Crippen LogP contribution in [-0.2, 0) is 0 Å². The number of benzene rings is 1. The van der Waals surface area contributed by atoms with Crippen molar-refractivity contribution < 1.29 is 4.74 Å². The summed E-state index contributed by atoms with van der Waals surface area (Å²) in [7, 11) is 1.67. The standard InChI is InChI=1S/C13H19NO/c1-4-11(2)9-10-14-12-5-7-13(15-3)8-6-12/h4-8,11,14H,1,9-10H2,2-3H3. The van der Waals surface area contributed by atoms with Gasteiger partial charge in [-0.15, -0.1) is 6.58 Å². The molecule has 0 heterocycles. The van der Waals surface area contributed by atoms with E-state index in [9.17, 15) is 0 Å². The van der Waals surface area contributed by atoms with E-state index in [1.807, 2.05) is 30.3 Å². The molecule has 0 saturated heterocycles. The van der Waals surface area contributed by atoms with Gasteiger partial charge >= 0.3 is 0 Å². The quantitative estimate of drug-likeness (QED) is 0.719. The number of ether oxygens (including phenoxy) is 1. The fourth-order valence-electron chi connectivity index (χ4n) is 1.27. The predicted molar refractivity (Wildman–Crippen MR) is 65.5 cm³/mol. The number of methoxy groups -OCH3 is 1. The number of allylic oxidation sites excluding steroid dienone is 1. The molecule has 1 atom stereocenters. The van der Waals surface area contributed by atoms with Crippen LogP contribution in [0.4, 0.5) is 5.69 Å². The molecule has 2 heteroatoms. The van der Waals surface area contributed by atoms with Gasteiger partial charge in [0, 0.05) is 12.2 Å². The first-order chi connectivity index (χ1) is 7.26. The number of nitrogens with one attached hydrogen (secondary N) is 1. The van der Waals surface area contributed by atoms with Crippen LogP contribution in [0, 0.1) is 5.92 Å². The van der Waals surface area contributed by atoms with Crippen molar-refractivity contribution in [1.82, 2.24) is 0 Å². The molecule has 0 aromatic heterocycles. The van der Waals surface area contributed by atoms with E-state index < -0.39 is 0 Å². The Morgan fingerprint density at radius 2 is 2.07 bits per heavy atom. The van der Waals surface area contributed by atoms with Gasteiger partial charge in [0.2, 0.25) is 0 Å². The van der Waals surface area contributed by atoms with Crippen molar-refractivity contribution in [3.05, 3.63) is 36.9 Å². The summed E-state index contributed by atoms with van der Waals surface area (Å²) in [5.41, 5.74) is 1.13. The Balaban J connectivity index is 2.34. The van der Waals surface area contributed by atoms with Gasteiger partial charge in [-0.2, -0.15) is 0 Å². The third kappa shape index (κ3) is 4.07. The molecule has 82 valence electrons. The average molecular weight is 205 g/mol. The molecule has 0 aliphatic carbocycles. The molecular formula is C13H19NO. The molecule has 0 amide bonds. The number of rotatable bonds is 6. The van der Waals surface area contributed by atoms with Crippen molar-refractivity contribution >= 4 is 5.69 Å². The molecule has 1 N–H and O–H groups in total. The molecule has 1 aromatic carbocycles. The molecule has 1 unspecified atom stereocenters. The van der Waals surface area contributed by atoms with Gasteiger partial charge in [-0.05, 0) is 36.6 Å². The zero-order chi connectivity index (χ0) is 11.1. The third-order valence-corrected chi connectivity index (χ3v) is 2.42. The number of hydrogen-bond donors (Lipinski definition) is 1. The normalized spacial score (nSPS) is 11.9. The zero-order valence-corrected chi connectivity index (χ0v) is 9.49. The van der Waals surface area contributed by atoms with Crippen LogP contribution in [0.15, 0.2) is 36.9 Å². The monoisotopic (exact) mass is 205 g/mol. The Bertz CT molecular complexity index is 292. The van der Waals surface area contributed by atoms with Crippen molar-refractivity contribution in [2.45, 2.75) is 13.3 Å². The topological polar surface area (TPSA) is 21.3 Å². The van der Waals surface area contributed by atoms with Gasteiger partial charge in [-0.3, -0.25) is 0 Å². The molecule has 0 saturated carbocycles. The van der Waals surface area contributed by atoms with Gasteiger partial charge in [-0.25, -0.2) is 0 Å². The van der Waals surface area contributed by atoms with Crippen molar-refractivity contribution in [2.75, 3.05) is 19.0 Å². The highest BCUT2D eigenvalue weighted by Crippen LogP contribution is 2.15. The second-order valence-electron chi connectivity index (χ2n) is 3.66. The second kappa shape index (κ2) is 6.12. The first kappa shape index (κ1) is 11.6. The van der Waals surface area contributed by atoms with Gasteiger partial charge in [0.1, 0.15) is 5.75 Å². The smallest absolute Gasteiger partial charge is 0.119 e. The largest absolute Gasteiger partial charge is 0.497 e. The van der Waals surface area contributed by atoms with Crippen LogP contribution in [0.2, 0.25) is 0 Å². The summed E-state index contributed by atoms with van der Waals surface area (Å²) < 4.78 is 5.09. The number of anilines is 1. The van der Waals surface area contributed by atoms with Gasteiger partial charge in [-0.1, -0.05) is 13.0 Å². The molecule has 1 aromatic rings. The lowest BCUT2D eigenvalue weighted by Gasteiger charge is -2.09. The maximum Gasteiger partial charge on any atom is 0.119 e. The van der Waals surface area contributed by atoms with E-state index in [1.54, 1.807) is 7.11 Å². The van der Waals surface area contributed by atoms with Crippen LogP contribution in [-0.4, -0.2) is 13.7 Å². The molecular weight excluding hydrogens is 186 g/mol. The van der Waals surface area contributed by atoms with Crippen LogP contribution < -0.4 is 10.1 Å². The second-order valence-corrected chi connectivity index (χ2v) is 3.66. The van der Waals surface area contributed by atoms with Gasteiger partial charge < -0.3 is 10.1 Å². The van der Waals surface area contributed by atoms with E-state index in [2.05, 4.69) is 18.8 Å². The lowest BCUT2D eigenvalue weighted by Crippen LogP contribution is -2.04. The minimum atomic E-state index is 0.566.